The fourth-order valence-corrected chi connectivity index (χ4v) is 2.70. The molecule has 7 nitrogen and oxygen atoms in total. The average molecular weight is 298 g/mol. The van der Waals surface area contributed by atoms with Gasteiger partial charge in [-0.1, -0.05) is 6.42 Å². The number of carbonyl (C=O) groups is 3. The molecule has 2 rings (SSSR count). The van der Waals surface area contributed by atoms with Gasteiger partial charge < -0.3 is 20.1 Å². The van der Waals surface area contributed by atoms with Crippen LogP contribution in [-0.2, 0) is 19.1 Å². The van der Waals surface area contributed by atoms with Crippen LogP contribution in [-0.4, -0.2) is 59.6 Å². The lowest BCUT2D eigenvalue weighted by Gasteiger charge is -2.20. The summed E-state index contributed by atoms with van der Waals surface area (Å²) < 4.78 is 5.31. The molecule has 118 valence electrons. The van der Waals surface area contributed by atoms with Crippen molar-refractivity contribution in [1.82, 2.24) is 10.2 Å². The Morgan fingerprint density at radius 1 is 1.29 bits per heavy atom. The number of aliphatic carboxylic acids is 1. The van der Waals surface area contributed by atoms with E-state index in [-0.39, 0.29) is 24.5 Å². The molecule has 0 spiro atoms. The van der Waals surface area contributed by atoms with Gasteiger partial charge in [0, 0.05) is 19.5 Å². The molecule has 0 aliphatic carbocycles. The lowest BCUT2D eigenvalue weighted by Crippen LogP contribution is -2.42. The maximum absolute atomic E-state index is 11.9. The molecule has 21 heavy (non-hydrogen) atoms. The molecule has 0 bridgehead atoms. The van der Waals surface area contributed by atoms with Crippen molar-refractivity contribution in [3.05, 3.63) is 0 Å². The summed E-state index contributed by atoms with van der Waals surface area (Å²) in [5.74, 6) is -1.14. The van der Waals surface area contributed by atoms with Gasteiger partial charge in [-0.2, -0.15) is 0 Å². The van der Waals surface area contributed by atoms with Crippen LogP contribution in [0, 0.1) is 0 Å². The molecule has 7 heteroatoms. The second-order valence-electron chi connectivity index (χ2n) is 5.59. The molecule has 0 aromatic heterocycles. The molecule has 2 N–H and O–H groups in total. The van der Waals surface area contributed by atoms with Crippen LogP contribution < -0.4 is 5.32 Å². The van der Waals surface area contributed by atoms with Crippen LogP contribution >= 0.6 is 0 Å². The van der Waals surface area contributed by atoms with Gasteiger partial charge in [-0.3, -0.25) is 9.59 Å². The predicted molar refractivity (Wildman–Crippen MR) is 73.6 cm³/mol. The monoisotopic (exact) mass is 298 g/mol. The van der Waals surface area contributed by atoms with Crippen molar-refractivity contribution in [3.8, 4) is 0 Å². The average Bonchev–Trinajstić information content (AvgIpc) is 2.84. The Morgan fingerprint density at radius 3 is 2.81 bits per heavy atom. The van der Waals surface area contributed by atoms with E-state index in [9.17, 15) is 14.4 Å². The van der Waals surface area contributed by atoms with Crippen molar-refractivity contribution in [1.29, 1.82) is 0 Å². The minimum atomic E-state index is -0.959. The Balaban J connectivity index is 1.70. The van der Waals surface area contributed by atoms with Crippen molar-refractivity contribution >= 4 is 17.8 Å². The number of carbonyl (C=O) groups excluding carboxylic acids is 2. The molecule has 0 radical (unpaired) electrons. The summed E-state index contributed by atoms with van der Waals surface area (Å²) in [5.41, 5.74) is 0. The zero-order valence-electron chi connectivity index (χ0n) is 12.0. The van der Waals surface area contributed by atoms with Gasteiger partial charge in [0.2, 0.25) is 11.8 Å². The summed E-state index contributed by atoms with van der Waals surface area (Å²) in [6.45, 7) is 1.01. The summed E-state index contributed by atoms with van der Waals surface area (Å²) in [7, 11) is 0. The predicted octanol–water partition coefficient (Wildman–Crippen LogP) is 0.137. The van der Waals surface area contributed by atoms with Gasteiger partial charge in [-0.25, -0.2) is 4.79 Å². The van der Waals surface area contributed by atoms with Gasteiger partial charge in [0.1, 0.15) is 0 Å². The summed E-state index contributed by atoms with van der Waals surface area (Å²) in [5, 5.41) is 11.5. The summed E-state index contributed by atoms with van der Waals surface area (Å²) >= 11 is 0. The molecule has 2 atom stereocenters. The normalized spacial score (nSPS) is 26.5. The molecule has 2 fully saturated rings. The number of likely N-dealkylation sites (tertiary alicyclic amines) is 1. The van der Waals surface area contributed by atoms with Crippen molar-refractivity contribution < 1.29 is 24.2 Å². The van der Waals surface area contributed by atoms with Crippen LogP contribution in [0.2, 0.25) is 0 Å². The molecular weight excluding hydrogens is 276 g/mol. The van der Waals surface area contributed by atoms with E-state index in [0.717, 1.165) is 19.3 Å². The van der Waals surface area contributed by atoms with E-state index in [1.165, 1.54) is 0 Å². The minimum Gasteiger partial charge on any atom is -0.479 e. The van der Waals surface area contributed by atoms with Gasteiger partial charge >= 0.3 is 5.97 Å². The number of ether oxygens (including phenoxy) is 1. The van der Waals surface area contributed by atoms with E-state index < -0.39 is 12.1 Å². The Morgan fingerprint density at radius 2 is 2.10 bits per heavy atom. The summed E-state index contributed by atoms with van der Waals surface area (Å²) in [6.07, 6.45) is 3.44. The number of nitrogens with one attached hydrogen (secondary N) is 1. The number of hydrogen-bond acceptors (Lipinski definition) is 4. The van der Waals surface area contributed by atoms with Crippen molar-refractivity contribution in [3.63, 3.8) is 0 Å². The highest BCUT2D eigenvalue weighted by Crippen LogP contribution is 2.19. The Bertz CT molecular complexity index is 412. The quantitative estimate of drug-likeness (QED) is 0.752. The molecule has 0 aromatic rings. The number of carboxylic acid groups (broad SMARTS) is 1. The van der Waals surface area contributed by atoms with Gasteiger partial charge in [-0.15, -0.1) is 0 Å². The molecule has 2 aliphatic rings. The molecular formula is C14H22N2O5. The third-order valence-electron chi connectivity index (χ3n) is 3.92. The van der Waals surface area contributed by atoms with E-state index in [0.29, 0.717) is 32.4 Å². The minimum absolute atomic E-state index is 0.0331. The van der Waals surface area contributed by atoms with E-state index in [2.05, 4.69) is 5.32 Å². The van der Waals surface area contributed by atoms with E-state index >= 15 is 0 Å². The van der Waals surface area contributed by atoms with E-state index in [1.54, 1.807) is 4.90 Å². The smallest absolute Gasteiger partial charge is 0.332 e. The third-order valence-corrected chi connectivity index (χ3v) is 3.92. The third kappa shape index (κ3) is 4.70. The lowest BCUT2D eigenvalue weighted by atomic mass is 10.2. The molecule has 2 amide bonds. The molecule has 2 aliphatic heterocycles. The zero-order chi connectivity index (χ0) is 15.2. The second-order valence-corrected chi connectivity index (χ2v) is 5.59. The highest BCUT2D eigenvalue weighted by molar-refractivity contribution is 5.84. The SMILES string of the molecule is O=C(CN1CCCCCC1=O)NCC1CCC(C(=O)O)O1. The van der Waals surface area contributed by atoms with Crippen molar-refractivity contribution in [2.45, 2.75) is 50.7 Å². The first-order valence-electron chi connectivity index (χ1n) is 7.49. The van der Waals surface area contributed by atoms with Crippen LogP contribution in [0.3, 0.4) is 0 Å². The largest absolute Gasteiger partial charge is 0.479 e. The molecule has 2 saturated heterocycles. The number of rotatable bonds is 5. The first kappa shape index (κ1) is 15.8. The Kier molecular flexibility index (Phi) is 5.55. The van der Waals surface area contributed by atoms with Crippen LogP contribution in [0.4, 0.5) is 0 Å². The van der Waals surface area contributed by atoms with Gasteiger partial charge in [0.05, 0.1) is 12.6 Å². The number of carboxylic acids is 1. The highest BCUT2D eigenvalue weighted by atomic mass is 16.5. The fourth-order valence-electron chi connectivity index (χ4n) is 2.70. The van der Waals surface area contributed by atoms with E-state index in [4.69, 9.17) is 9.84 Å². The van der Waals surface area contributed by atoms with Gasteiger partial charge in [-0.05, 0) is 25.7 Å². The molecule has 2 unspecified atom stereocenters. The van der Waals surface area contributed by atoms with Crippen LogP contribution in [0.5, 0.6) is 0 Å². The van der Waals surface area contributed by atoms with Gasteiger partial charge in [0.15, 0.2) is 6.10 Å². The fraction of sp³-hybridized carbons (Fsp3) is 0.786. The molecule has 0 aromatic carbocycles. The van der Waals surface area contributed by atoms with Crippen LogP contribution in [0.1, 0.15) is 38.5 Å². The van der Waals surface area contributed by atoms with Crippen molar-refractivity contribution in [2.75, 3.05) is 19.6 Å². The topological polar surface area (TPSA) is 95.9 Å². The van der Waals surface area contributed by atoms with Crippen LogP contribution in [0.25, 0.3) is 0 Å². The standard InChI is InChI=1S/C14H22N2O5/c17-12(9-16-7-3-1-2-4-13(16)18)15-8-10-5-6-11(21-10)14(19)20/h10-11H,1-9H2,(H,15,17)(H,19,20). The molecule has 2 heterocycles. The first-order chi connectivity index (χ1) is 10.1. The first-order valence-corrected chi connectivity index (χ1v) is 7.49. The Hall–Kier alpha value is -1.63. The number of hydrogen-bond donors (Lipinski definition) is 2. The van der Waals surface area contributed by atoms with E-state index in [1.807, 2.05) is 0 Å². The summed E-state index contributed by atoms with van der Waals surface area (Å²) in [4.78, 5) is 36.0. The number of amides is 2. The highest BCUT2D eigenvalue weighted by Gasteiger charge is 2.30. The summed E-state index contributed by atoms with van der Waals surface area (Å²) in [6, 6.07) is 0. The van der Waals surface area contributed by atoms with Crippen molar-refractivity contribution in [2.24, 2.45) is 0 Å². The van der Waals surface area contributed by atoms with Gasteiger partial charge in [0.25, 0.3) is 0 Å². The Labute approximate surface area is 123 Å². The molecule has 0 saturated carbocycles. The van der Waals surface area contributed by atoms with Crippen LogP contribution in [0.15, 0.2) is 0 Å². The zero-order valence-corrected chi connectivity index (χ0v) is 12.0. The second kappa shape index (κ2) is 7.40. The number of nitrogens with zero attached hydrogens (tertiary/aromatic N) is 1. The lowest BCUT2D eigenvalue weighted by molar-refractivity contribution is -0.149. The maximum atomic E-state index is 11.9. The maximum Gasteiger partial charge on any atom is 0.332 e.